The Hall–Kier alpha value is -4.58. The molecule has 1 aliphatic rings. The minimum Gasteiger partial charge on any atom is -0.508 e. The molecule has 4 aromatic rings. The lowest BCUT2D eigenvalue weighted by molar-refractivity contribution is -0.276. The van der Waals surface area contributed by atoms with E-state index in [2.05, 4.69) is 12.2 Å². The van der Waals surface area contributed by atoms with Crippen molar-refractivity contribution in [2.24, 2.45) is 5.92 Å². The minimum atomic E-state index is -0.888. The first-order valence-corrected chi connectivity index (χ1v) is 16.8. The molecule has 1 amide bonds. The third-order valence-corrected chi connectivity index (χ3v) is 9.03. The molecule has 6 atom stereocenters. The Morgan fingerprint density at radius 3 is 2.32 bits per heavy atom. The predicted octanol–water partition coefficient (Wildman–Crippen LogP) is 5.58. The van der Waals surface area contributed by atoms with E-state index in [0.717, 1.165) is 33.4 Å². The first kappa shape index (κ1) is 36.7. The van der Waals surface area contributed by atoms with Crippen molar-refractivity contribution < 1.29 is 39.1 Å². The van der Waals surface area contributed by atoms with Crippen molar-refractivity contribution in [3.63, 3.8) is 0 Å². The van der Waals surface area contributed by atoms with Crippen LogP contribution in [-0.4, -0.2) is 64.4 Å². The molecule has 0 radical (unpaired) electrons. The number of nitrogens with zero attached hydrogens (tertiary/aromatic N) is 1. The lowest BCUT2D eigenvalue weighted by Crippen LogP contribution is -2.44. The molecule has 5 rings (SSSR count). The second kappa shape index (κ2) is 16.9. The molecule has 10 heteroatoms. The van der Waals surface area contributed by atoms with Crippen molar-refractivity contribution in [1.82, 2.24) is 10.2 Å². The van der Waals surface area contributed by atoms with Crippen molar-refractivity contribution in [2.75, 3.05) is 20.1 Å². The second-order valence-electron chi connectivity index (χ2n) is 12.9. The summed E-state index contributed by atoms with van der Waals surface area (Å²) >= 11 is 0. The monoisotopic (exact) mass is 682 g/mol. The largest absolute Gasteiger partial charge is 0.508 e. The highest BCUT2D eigenvalue weighted by Gasteiger charge is 2.39. The summed E-state index contributed by atoms with van der Waals surface area (Å²) in [6.07, 6.45) is -2.90. The van der Waals surface area contributed by atoms with E-state index in [1.807, 2.05) is 84.7 Å². The molecule has 0 unspecified atom stereocenters. The Bertz CT molecular complexity index is 1730. The number of carbonyl (C=O) groups is 2. The maximum Gasteiger partial charge on any atom is 0.303 e. The van der Waals surface area contributed by atoms with E-state index in [-0.39, 0.29) is 42.9 Å². The van der Waals surface area contributed by atoms with Gasteiger partial charge >= 0.3 is 5.97 Å². The summed E-state index contributed by atoms with van der Waals surface area (Å²) in [6.45, 7) is 5.99. The number of aliphatic hydroxyl groups excluding tert-OH is 2. The topological polar surface area (TPSA) is 138 Å². The molecule has 0 aromatic heterocycles. The van der Waals surface area contributed by atoms with Gasteiger partial charge in [-0.05, 0) is 59.5 Å². The summed E-state index contributed by atoms with van der Waals surface area (Å²) in [4.78, 5) is 25.8. The van der Waals surface area contributed by atoms with Gasteiger partial charge in [0.25, 0.3) is 5.91 Å². The number of ether oxygens (including phenoxy) is 3. The zero-order valence-electron chi connectivity index (χ0n) is 28.9. The summed E-state index contributed by atoms with van der Waals surface area (Å²) in [7, 11) is 1.93. The Morgan fingerprint density at radius 2 is 1.64 bits per heavy atom. The molecular formula is C40H46N2O8. The van der Waals surface area contributed by atoms with Crippen LogP contribution < -0.4 is 5.32 Å². The number of aliphatic hydroxyl groups is 2. The quantitative estimate of drug-likeness (QED) is 0.133. The van der Waals surface area contributed by atoms with Gasteiger partial charge in [0, 0.05) is 38.0 Å². The first-order valence-electron chi connectivity index (χ1n) is 16.8. The van der Waals surface area contributed by atoms with Gasteiger partial charge in [0.1, 0.15) is 5.75 Å². The van der Waals surface area contributed by atoms with Gasteiger partial charge in [0.15, 0.2) is 12.4 Å². The van der Waals surface area contributed by atoms with Crippen LogP contribution in [0.5, 0.6) is 5.75 Å². The van der Waals surface area contributed by atoms with Gasteiger partial charge in [-0.25, -0.2) is 0 Å². The van der Waals surface area contributed by atoms with Crippen LogP contribution in [0.2, 0.25) is 0 Å². The predicted molar refractivity (Wildman–Crippen MR) is 188 cm³/mol. The minimum absolute atomic E-state index is 0.0444. The Kier molecular flexibility index (Phi) is 12.4. The highest BCUT2D eigenvalue weighted by atomic mass is 16.7. The van der Waals surface area contributed by atoms with Gasteiger partial charge in [0.05, 0.1) is 24.9 Å². The van der Waals surface area contributed by atoms with Gasteiger partial charge in [-0.1, -0.05) is 91.9 Å². The van der Waals surface area contributed by atoms with Gasteiger partial charge in [-0.15, -0.1) is 0 Å². The number of esters is 1. The molecule has 10 nitrogen and oxygen atoms in total. The van der Waals surface area contributed by atoms with E-state index < -0.39 is 24.5 Å². The number of phenols is 1. The molecule has 1 heterocycles. The average molecular weight is 683 g/mol. The SMILES string of the molecule is CC(=O)O[C@@H](C)C(=O)NCc1ccccc1-c1ccc([C@@H]2O[C@H](CN(C)C[C@@H](O)c3cccc(O)c3)[C@H](C)[C@H](c3ccc(CO)cc3)O2)cc1. The average Bonchev–Trinajstić information content (AvgIpc) is 3.11. The lowest BCUT2D eigenvalue weighted by atomic mass is 9.90. The summed E-state index contributed by atoms with van der Waals surface area (Å²) in [6, 6.07) is 30.1. The summed E-state index contributed by atoms with van der Waals surface area (Å²) < 4.78 is 18.3. The molecule has 1 fully saturated rings. The van der Waals surface area contributed by atoms with Gasteiger partial charge in [-0.2, -0.15) is 0 Å². The molecule has 50 heavy (non-hydrogen) atoms. The van der Waals surface area contributed by atoms with Crippen molar-refractivity contribution in [3.8, 4) is 16.9 Å². The van der Waals surface area contributed by atoms with Crippen LogP contribution in [0.3, 0.4) is 0 Å². The Balaban J connectivity index is 1.34. The van der Waals surface area contributed by atoms with E-state index in [0.29, 0.717) is 18.7 Å². The zero-order chi connectivity index (χ0) is 35.8. The molecule has 0 bridgehead atoms. The van der Waals surface area contributed by atoms with Gasteiger partial charge in [-0.3, -0.25) is 9.59 Å². The van der Waals surface area contributed by atoms with Crippen LogP contribution in [0.15, 0.2) is 97.1 Å². The molecule has 1 aliphatic heterocycles. The van der Waals surface area contributed by atoms with Gasteiger partial charge < -0.3 is 39.7 Å². The Labute approximate surface area is 293 Å². The third kappa shape index (κ3) is 9.35. The van der Waals surface area contributed by atoms with Crippen molar-refractivity contribution >= 4 is 11.9 Å². The number of carbonyl (C=O) groups excluding carboxylic acids is 2. The van der Waals surface area contributed by atoms with Crippen LogP contribution in [0.4, 0.5) is 0 Å². The summed E-state index contributed by atoms with van der Waals surface area (Å²) in [5, 5.41) is 33.2. The van der Waals surface area contributed by atoms with E-state index >= 15 is 0 Å². The highest BCUT2D eigenvalue weighted by molar-refractivity contribution is 5.83. The van der Waals surface area contributed by atoms with Gasteiger partial charge in [0.2, 0.25) is 0 Å². The number of rotatable bonds is 13. The van der Waals surface area contributed by atoms with Crippen LogP contribution >= 0.6 is 0 Å². The normalized spacial score (nSPS) is 20.2. The number of phenolic OH excluding ortho intramolecular Hbond substituents is 1. The number of hydrogen-bond donors (Lipinski definition) is 4. The number of benzene rings is 4. The molecule has 264 valence electrons. The molecule has 0 saturated carbocycles. The lowest BCUT2D eigenvalue weighted by Gasteiger charge is -2.42. The number of amides is 1. The summed E-state index contributed by atoms with van der Waals surface area (Å²) in [5.41, 5.74) is 6.08. The zero-order valence-corrected chi connectivity index (χ0v) is 28.9. The van der Waals surface area contributed by atoms with E-state index in [1.165, 1.54) is 13.8 Å². The fourth-order valence-corrected chi connectivity index (χ4v) is 6.25. The Morgan fingerprint density at radius 1 is 0.940 bits per heavy atom. The number of hydrogen-bond acceptors (Lipinski definition) is 9. The maximum atomic E-state index is 12.5. The number of likely N-dealkylation sites (N-methyl/N-ethyl adjacent to an activating group) is 1. The third-order valence-electron chi connectivity index (χ3n) is 9.03. The number of aromatic hydroxyl groups is 1. The second-order valence-corrected chi connectivity index (χ2v) is 12.9. The van der Waals surface area contributed by atoms with E-state index in [9.17, 15) is 24.9 Å². The van der Waals surface area contributed by atoms with Crippen LogP contribution in [0, 0.1) is 5.92 Å². The fraction of sp³-hybridized carbons (Fsp3) is 0.350. The summed E-state index contributed by atoms with van der Waals surface area (Å²) in [5.74, 6) is -0.825. The fourth-order valence-electron chi connectivity index (χ4n) is 6.25. The standard InChI is InChI=1S/C40H46N2O8/c1-25-37(23-42(4)22-36(46)32-9-7-10-34(45)20-32)49-40(50-38(25)30-14-12-28(24-43)13-15-30)31-18-16-29(17-19-31)35-11-6-5-8-33(35)21-41-39(47)26(2)48-27(3)44/h5-20,25-26,36-38,40,43,45-46H,21-24H2,1-4H3,(H,41,47)/t25-,26-,36+,37+,38+,40+/m0/s1. The van der Waals surface area contributed by atoms with Crippen LogP contribution in [0.1, 0.15) is 67.1 Å². The maximum absolute atomic E-state index is 12.5. The molecule has 0 aliphatic carbocycles. The molecule has 4 N–H and O–H groups in total. The van der Waals surface area contributed by atoms with Crippen molar-refractivity contribution in [3.05, 3.63) is 125 Å². The van der Waals surface area contributed by atoms with E-state index in [1.54, 1.807) is 24.3 Å². The smallest absolute Gasteiger partial charge is 0.303 e. The van der Waals surface area contributed by atoms with Crippen molar-refractivity contribution in [1.29, 1.82) is 0 Å². The first-order chi connectivity index (χ1) is 24.0. The highest BCUT2D eigenvalue weighted by Crippen LogP contribution is 2.42. The van der Waals surface area contributed by atoms with E-state index in [4.69, 9.17) is 14.2 Å². The van der Waals surface area contributed by atoms with Crippen LogP contribution in [0.25, 0.3) is 11.1 Å². The molecule has 0 spiro atoms. The molecule has 4 aromatic carbocycles. The van der Waals surface area contributed by atoms with Crippen LogP contribution in [-0.2, 0) is 37.0 Å². The molecule has 1 saturated heterocycles. The van der Waals surface area contributed by atoms with Crippen molar-refractivity contribution in [2.45, 2.75) is 64.6 Å². The number of nitrogens with one attached hydrogen (secondary N) is 1. The molecular weight excluding hydrogens is 636 g/mol.